The largest absolute Gasteiger partial charge is 0.379 e. The van der Waals surface area contributed by atoms with Gasteiger partial charge in [-0.25, -0.2) is 0 Å². The molecule has 0 radical (unpaired) electrons. The average molecular weight is 445 g/mol. The maximum Gasteiger partial charge on any atom is 0.151 e. The van der Waals surface area contributed by atoms with Crippen LogP contribution >= 0.6 is 11.8 Å². The molecule has 0 aromatic heterocycles. The second kappa shape index (κ2) is 9.07. The first kappa shape index (κ1) is 23.7. The molecule has 3 saturated carbocycles. The molecule has 0 heterocycles. The molecule has 0 saturated heterocycles. The van der Waals surface area contributed by atoms with Crippen molar-refractivity contribution in [2.45, 2.75) is 110 Å². The third-order valence-corrected chi connectivity index (χ3v) is 11.5. The lowest BCUT2D eigenvalue weighted by Crippen LogP contribution is -2.50. The maximum absolute atomic E-state index is 7.70. The minimum absolute atomic E-state index is 0.302. The lowest BCUT2D eigenvalue weighted by atomic mass is 9.47. The highest BCUT2D eigenvalue weighted by atomic mass is 32.2. The summed E-state index contributed by atoms with van der Waals surface area (Å²) < 4.78 is 0. The molecule has 2 nitrogen and oxygen atoms in total. The Morgan fingerprint density at radius 2 is 1.87 bits per heavy atom. The Morgan fingerprint density at radius 3 is 2.58 bits per heavy atom. The average Bonchev–Trinajstić information content (AvgIpc) is 3.05. The summed E-state index contributed by atoms with van der Waals surface area (Å²) in [6.45, 7) is 12.6. The summed E-state index contributed by atoms with van der Waals surface area (Å²) in [5.74, 6) is 5.45. The molecule has 0 amide bonds. The van der Waals surface area contributed by atoms with E-state index in [4.69, 9.17) is 11.1 Å². The highest BCUT2D eigenvalue weighted by Gasteiger charge is 2.59. The van der Waals surface area contributed by atoms with Crippen LogP contribution in [-0.4, -0.2) is 10.4 Å². The number of amidine groups is 1. The van der Waals surface area contributed by atoms with Gasteiger partial charge in [-0.2, -0.15) is 0 Å². The van der Waals surface area contributed by atoms with E-state index in [0.29, 0.717) is 21.2 Å². The molecule has 4 aliphatic rings. The number of fused-ring (bicyclic) bond motifs is 5. The van der Waals surface area contributed by atoms with Gasteiger partial charge in [0.05, 0.1) is 0 Å². The quantitative estimate of drug-likeness (QED) is 0.247. The van der Waals surface area contributed by atoms with Crippen molar-refractivity contribution in [1.82, 2.24) is 0 Å². The zero-order chi connectivity index (χ0) is 22.4. The van der Waals surface area contributed by atoms with Gasteiger partial charge in [0.15, 0.2) is 5.17 Å². The molecule has 3 heteroatoms. The number of nitrogens with two attached hydrogens (primary N) is 1. The molecule has 4 rings (SSSR count). The lowest BCUT2D eigenvalue weighted by Gasteiger charge is -2.58. The molecular weight excluding hydrogens is 396 g/mol. The van der Waals surface area contributed by atoms with Crippen molar-refractivity contribution in [1.29, 1.82) is 5.41 Å². The molecule has 0 aromatic carbocycles. The number of allylic oxidation sites excluding steroid dienone is 2. The molecule has 1 unspecified atom stereocenters. The summed E-state index contributed by atoms with van der Waals surface area (Å²) in [4.78, 5) is 0. The Labute approximate surface area is 196 Å². The van der Waals surface area contributed by atoms with Crippen molar-refractivity contribution in [3.05, 3.63) is 11.6 Å². The van der Waals surface area contributed by atoms with Gasteiger partial charge in [0, 0.05) is 5.25 Å². The maximum atomic E-state index is 7.70. The number of hydrogen-bond acceptors (Lipinski definition) is 2. The van der Waals surface area contributed by atoms with Gasteiger partial charge in [0.25, 0.3) is 0 Å². The first-order valence-electron chi connectivity index (χ1n) is 13.4. The highest BCUT2D eigenvalue weighted by Crippen LogP contribution is 2.67. The predicted octanol–water partition coefficient (Wildman–Crippen LogP) is 8.02. The third kappa shape index (κ3) is 4.38. The molecule has 8 atom stereocenters. The molecule has 0 aromatic rings. The minimum Gasteiger partial charge on any atom is -0.379 e. The fourth-order valence-corrected chi connectivity index (χ4v) is 9.79. The SMILES string of the molecule is CC(C)CCCC(C)[C@H]1CC[C@H]2[C@@H]3CC=C4C[C@@H](SC(=N)N)CC[C@]4(C)[C@H]3CC[C@]12C. The number of nitrogens with one attached hydrogen (secondary N) is 1. The first-order chi connectivity index (χ1) is 14.6. The Hall–Kier alpha value is -0.440. The van der Waals surface area contributed by atoms with Gasteiger partial charge in [-0.05, 0) is 97.7 Å². The molecule has 0 aliphatic heterocycles. The van der Waals surface area contributed by atoms with E-state index in [-0.39, 0.29) is 0 Å². The first-order valence-corrected chi connectivity index (χ1v) is 14.2. The topological polar surface area (TPSA) is 49.9 Å². The van der Waals surface area contributed by atoms with Crippen LogP contribution in [0.4, 0.5) is 0 Å². The summed E-state index contributed by atoms with van der Waals surface area (Å²) in [6, 6.07) is 0. The van der Waals surface area contributed by atoms with Crippen LogP contribution in [0.1, 0.15) is 105 Å². The fraction of sp³-hybridized carbons (Fsp3) is 0.893. The molecule has 31 heavy (non-hydrogen) atoms. The number of hydrogen-bond donors (Lipinski definition) is 2. The van der Waals surface area contributed by atoms with Crippen molar-refractivity contribution < 1.29 is 0 Å². The van der Waals surface area contributed by atoms with Crippen LogP contribution in [0, 0.1) is 51.7 Å². The monoisotopic (exact) mass is 444 g/mol. The van der Waals surface area contributed by atoms with Crippen LogP contribution in [0.25, 0.3) is 0 Å². The van der Waals surface area contributed by atoms with Gasteiger partial charge >= 0.3 is 0 Å². The van der Waals surface area contributed by atoms with E-state index < -0.39 is 0 Å². The van der Waals surface area contributed by atoms with Crippen LogP contribution < -0.4 is 5.73 Å². The van der Waals surface area contributed by atoms with E-state index in [1.807, 2.05) is 0 Å². The Morgan fingerprint density at radius 1 is 1.10 bits per heavy atom. The summed E-state index contributed by atoms with van der Waals surface area (Å²) in [5, 5.41) is 8.53. The normalized spacial score (nSPS) is 43.0. The molecule has 0 spiro atoms. The van der Waals surface area contributed by atoms with Crippen molar-refractivity contribution in [2.75, 3.05) is 0 Å². The standard InChI is InChI=1S/C28H48N2S/c1-18(2)7-6-8-19(3)23-11-12-24-22-10-9-20-17-21(31-26(29)30)13-15-27(20,4)25(22)14-16-28(23,24)5/h9,18-19,21-25H,6-8,10-17H2,1-5H3,(H3,29,30)/t19?,21-,22-,23+,24-,25-,27-,28+/m0/s1. The summed E-state index contributed by atoms with van der Waals surface area (Å²) in [5.41, 5.74) is 8.43. The van der Waals surface area contributed by atoms with Crippen LogP contribution in [-0.2, 0) is 0 Å². The molecule has 0 bridgehead atoms. The minimum atomic E-state index is 0.302. The zero-order valence-electron chi connectivity index (χ0n) is 20.9. The number of rotatable bonds is 6. The second-order valence-corrected chi connectivity index (χ2v) is 14.0. The Kier molecular flexibility index (Phi) is 6.94. The van der Waals surface area contributed by atoms with E-state index in [2.05, 4.69) is 40.7 Å². The zero-order valence-corrected chi connectivity index (χ0v) is 21.7. The molecule has 176 valence electrons. The summed E-state index contributed by atoms with van der Waals surface area (Å²) in [7, 11) is 0. The van der Waals surface area contributed by atoms with Gasteiger partial charge in [0.1, 0.15) is 0 Å². The van der Waals surface area contributed by atoms with Gasteiger partial charge in [-0.1, -0.05) is 77.3 Å². The third-order valence-electron chi connectivity index (χ3n) is 10.6. The van der Waals surface area contributed by atoms with E-state index in [1.54, 1.807) is 17.3 Å². The molecule has 3 N–H and O–H groups in total. The van der Waals surface area contributed by atoms with Crippen LogP contribution in [0.5, 0.6) is 0 Å². The van der Waals surface area contributed by atoms with E-state index >= 15 is 0 Å². The number of thioether (sulfide) groups is 1. The van der Waals surface area contributed by atoms with Crippen LogP contribution in [0.15, 0.2) is 11.6 Å². The Balaban J connectivity index is 1.47. The predicted molar refractivity (Wildman–Crippen MR) is 136 cm³/mol. The fourth-order valence-electron chi connectivity index (χ4n) is 8.93. The molecule has 3 fully saturated rings. The van der Waals surface area contributed by atoms with Crippen LogP contribution in [0.3, 0.4) is 0 Å². The van der Waals surface area contributed by atoms with E-state index in [0.717, 1.165) is 35.5 Å². The van der Waals surface area contributed by atoms with Crippen LogP contribution in [0.2, 0.25) is 0 Å². The van der Waals surface area contributed by atoms with E-state index in [1.165, 1.54) is 70.6 Å². The summed E-state index contributed by atoms with van der Waals surface area (Å²) >= 11 is 1.61. The van der Waals surface area contributed by atoms with Crippen molar-refractivity contribution in [3.63, 3.8) is 0 Å². The lowest BCUT2D eigenvalue weighted by molar-refractivity contribution is -0.0497. The smallest absolute Gasteiger partial charge is 0.151 e. The van der Waals surface area contributed by atoms with E-state index in [9.17, 15) is 0 Å². The van der Waals surface area contributed by atoms with Gasteiger partial charge < -0.3 is 5.73 Å². The van der Waals surface area contributed by atoms with Gasteiger partial charge in [0.2, 0.25) is 0 Å². The van der Waals surface area contributed by atoms with Crippen molar-refractivity contribution in [2.24, 2.45) is 52.1 Å². The Bertz CT molecular complexity index is 699. The second-order valence-electron chi connectivity index (χ2n) is 12.6. The molecule has 4 aliphatic carbocycles. The van der Waals surface area contributed by atoms with Gasteiger partial charge in [-0.3, -0.25) is 5.41 Å². The summed E-state index contributed by atoms with van der Waals surface area (Å²) in [6.07, 6.45) is 17.8. The van der Waals surface area contributed by atoms with Crippen molar-refractivity contribution >= 4 is 16.9 Å². The van der Waals surface area contributed by atoms with Crippen molar-refractivity contribution in [3.8, 4) is 0 Å². The molecular formula is C28H48N2S. The van der Waals surface area contributed by atoms with Gasteiger partial charge in [-0.15, -0.1) is 0 Å². The highest BCUT2D eigenvalue weighted by molar-refractivity contribution is 8.14.